The Morgan fingerprint density at radius 1 is 1.11 bits per heavy atom. The van der Waals surface area contributed by atoms with Gasteiger partial charge < -0.3 is 46.2 Å². The minimum Gasteiger partial charge on any atom is -0.480 e. The molecule has 0 aromatic carbocycles. The van der Waals surface area contributed by atoms with Crippen molar-refractivity contribution in [2.45, 2.75) is 36.7 Å². The largest absolute Gasteiger partial charge is 0.480 e. The van der Waals surface area contributed by atoms with Crippen molar-refractivity contribution >= 4 is 5.97 Å². The molecule has 0 saturated carbocycles. The number of nitrogens with two attached hydrogens (primary N) is 1. The number of rotatable bonds is 3. The first-order valence-electron chi connectivity index (χ1n) is 5.34. The molecule has 19 heavy (non-hydrogen) atoms. The van der Waals surface area contributed by atoms with E-state index in [-0.39, 0.29) is 0 Å². The van der Waals surface area contributed by atoms with E-state index < -0.39 is 55.9 Å². The average Bonchev–Trinajstić information content (AvgIpc) is 2.40. The number of aliphatic hydroxyl groups excluding tert-OH is 6. The molecule has 0 bridgehead atoms. The number of hydrogen-bond acceptors (Lipinski definition) is 9. The highest BCUT2D eigenvalue weighted by atomic mass is 16.6. The van der Waals surface area contributed by atoms with Crippen molar-refractivity contribution in [3.05, 3.63) is 0 Å². The van der Waals surface area contributed by atoms with Crippen molar-refractivity contribution < 1.29 is 45.3 Å². The molecule has 0 aromatic rings. The summed E-state index contributed by atoms with van der Waals surface area (Å²) in [6, 6.07) is -1.13. The molecule has 1 heterocycles. The van der Waals surface area contributed by atoms with Gasteiger partial charge in [-0.05, 0) is 0 Å². The van der Waals surface area contributed by atoms with Crippen LogP contribution in [-0.2, 0) is 9.53 Å². The van der Waals surface area contributed by atoms with Crippen LogP contribution in [0.25, 0.3) is 0 Å². The van der Waals surface area contributed by atoms with E-state index in [4.69, 9.17) is 41.5 Å². The van der Waals surface area contributed by atoms with Gasteiger partial charge in [0.2, 0.25) is 0 Å². The zero-order chi connectivity index (χ0) is 15.2. The van der Waals surface area contributed by atoms with Crippen LogP contribution in [0.15, 0.2) is 0 Å². The molecule has 0 spiro atoms. The van der Waals surface area contributed by atoms with E-state index in [0.29, 0.717) is 0 Å². The molecule has 10 heteroatoms. The van der Waals surface area contributed by atoms with Crippen molar-refractivity contribution in [2.24, 2.45) is 5.73 Å². The smallest absolute Gasteiger partial charge is 0.322 e. The molecule has 1 rings (SSSR count). The maximum Gasteiger partial charge on any atom is 0.322 e. The van der Waals surface area contributed by atoms with Crippen molar-refractivity contribution in [1.29, 1.82) is 0 Å². The highest BCUT2D eigenvalue weighted by Gasteiger charge is 2.42. The first-order chi connectivity index (χ1) is 8.76. The fourth-order valence-corrected chi connectivity index (χ4v) is 1.16. The summed E-state index contributed by atoms with van der Waals surface area (Å²) in [6.45, 7) is -1.03. The monoisotopic (exact) mass is 285 g/mol. The van der Waals surface area contributed by atoms with E-state index in [1.54, 1.807) is 0 Å². The third-order valence-electron chi connectivity index (χ3n) is 2.38. The van der Waals surface area contributed by atoms with Gasteiger partial charge in [0.1, 0.15) is 30.5 Å². The molecular weight excluding hydrogens is 266 g/mol. The molecular formula is C9H19NO9. The van der Waals surface area contributed by atoms with Gasteiger partial charge in [0.05, 0.1) is 13.2 Å². The third kappa shape index (κ3) is 5.34. The number of carboxylic acid groups (broad SMARTS) is 1. The quantitative estimate of drug-likeness (QED) is 0.249. The zero-order valence-electron chi connectivity index (χ0n) is 9.90. The molecule has 1 aliphatic rings. The fraction of sp³-hybridized carbons (Fsp3) is 0.889. The number of hydrogen-bond donors (Lipinski definition) is 8. The Bertz CT molecular complexity index is 272. The Balaban J connectivity index is 0.000000399. The van der Waals surface area contributed by atoms with Crippen LogP contribution in [0.1, 0.15) is 0 Å². The predicted octanol–water partition coefficient (Wildman–Crippen LogP) is -4.83. The molecule has 0 radical (unpaired) electrons. The second kappa shape index (κ2) is 8.35. The zero-order valence-corrected chi connectivity index (χ0v) is 9.90. The second-order valence-electron chi connectivity index (χ2n) is 3.85. The molecule has 0 amide bonds. The van der Waals surface area contributed by atoms with Crippen molar-refractivity contribution in [3.63, 3.8) is 0 Å². The predicted molar refractivity (Wildman–Crippen MR) is 58.7 cm³/mol. The maximum atomic E-state index is 9.65. The lowest BCUT2D eigenvalue weighted by Crippen LogP contribution is -2.58. The first kappa shape index (κ1) is 18.1. The van der Waals surface area contributed by atoms with Crippen LogP contribution < -0.4 is 5.73 Å². The van der Waals surface area contributed by atoms with Crippen LogP contribution >= 0.6 is 0 Å². The van der Waals surface area contributed by atoms with E-state index in [2.05, 4.69) is 4.74 Å². The molecule has 0 aromatic heterocycles. The van der Waals surface area contributed by atoms with Gasteiger partial charge in [0.25, 0.3) is 0 Å². The van der Waals surface area contributed by atoms with Crippen molar-refractivity contribution in [1.82, 2.24) is 0 Å². The Hall–Kier alpha value is -0.850. The number of carboxylic acids is 1. The normalized spacial score (nSPS) is 36.1. The third-order valence-corrected chi connectivity index (χ3v) is 2.38. The topological polar surface area (TPSA) is 194 Å². The maximum absolute atomic E-state index is 9.65. The molecule has 1 saturated heterocycles. The van der Waals surface area contributed by atoms with Crippen LogP contribution in [0.5, 0.6) is 0 Å². The summed E-state index contributed by atoms with van der Waals surface area (Å²) >= 11 is 0. The number of ether oxygens (including phenoxy) is 1. The highest BCUT2D eigenvalue weighted by Crippen LogP contribution is 2.18. The summed E-state index contributed by atoms with van der Waals surface area (Å²) in [5, 5.41) is 60.6. The van der Waals surface area contributed by atoms with Gasteiger partial charge in [0, 0.05) is 0 Å². The van der Waals surface area contributed by atoms with Gasteiger partial charge in [-0.25, -0.2) is 0 Å². The van der Waals surface area contributed by atoms with Crippen molar-refractivity contribution in [3.8, 4) is 0 Å². The summed E-state index contributed by atoms with van der Waals surface area (Å²) in [6.07, 6.45) is -7.04. The summed E-state index contributed by atoms with van der Waals surface area (Å²) in [5.41, 5.74) is 4.77. The molecule has 114 valence electrons. The van der Waals surface area contributed by atoms with Gasteiger partial charge in [-0.1, -0.05) is 0 Å². The van der Waals surface area contributed by atoms with E-state index in [0.717, 1.165) is 0 Å². The lowest BCUT2D eigenvalue weighted by atomic mass is 10.00. The van der Waals surface area contributed by atoms with Gasteiger partial charge in [-0.2, -0.15) is 0 Å². The Morgan fingerprint density at radius 3 is 1.95 bits per heavy atom. The van der Waals surface area contributed by atoms with E-state index >= 15 is 0 Å². The van der Waals surface area contributed by atoms with Gasteiger partial charge in [-0.15, -0.1) is 0 Å². The van der Waals surface area contributed by atoms with Crippen LogP contribution in [0.3, 0.4) is 0 Å². The highest BCUT2D eigenvalue weighted by molar-refractivity contribution is 5.73. The van der Waals surface area contributed by atoms with Gasteiger partial charge in [-0.3, -0.25) is 4.79 Å². The van der Waals surface area contributed by atoms with Gasteiger partial charge >= 0.3 is 5.97 Å². The SMILES string of the molecule is NC(CO)C(=O)O.OC[C@H]1O[C@H](O)[C@H](O)[C@@H](O)[C@@H]1O. The first-order valence-corrected chi connectivity index (χ1v) is 5.34. The molecule has 1 fully saturated rings. The summed E-state index contributed by atoms with van der Waals surface area (Å²) in [5.74, 6) is -1.18. The molecule has 6 atom stereocenters. The van der Waals surface area contributed by atoms with E-state index in [9.17, 15) is 4.79 Å². The number of carbonyl (C=O) groups is 1. The molecule has 10 nitrogen and oxygen atoms in total. The van der Waals surface area contributed by atoms with E-state index in [1.807, 2.05) is 0 Å². The summed E-state index contributed by atoms with van der Waals surface area (Å²) in [4.78, 5) is 9.65. The Labute approximate surface area is 108 Å². The standard InChI is InChI=1S/C6H12O6.C3H7NO3/c7-1-2-3(8)4(9)5(10)6(11)12-2;4-2(1-5)3(6)7/h2-11H,1H2;2,5H,1,4H2,(H,6,7)/t2-,3-,4+,5-,6+;/m1./s1. The van der Waals surface area contributed by atoms with Gasteiger partial charge in [0.15, 0.2) is 6.29 Å². The minimum absolute atomic E-state index is 0.505. The minimum atomic E-state index is -1.57. The lowest BCUT2D eigenvalue weighted by molar-refractivity contribution is -0.286. The number of aliphatic hydroxyl groups is 6. The molecule has 0 aliphatic carbocycles. The molecule has 1 unspecified atom stereocenters. The van der Waals surface area contributed by atoms with Crippen LogP contribution in [0.2, 0.25) is 0 Å². The molecule has 9 N–H and O–H groups in total. The summed E-state index contributed by atoms with van der Waals surface area (Å²) in [7, 11) is 0. The fourth-order valence-electron chi connectivity index (χ4n) is 1.16. The van der Waals surface area contributed by atoms with Crippen LogP contribution in [0.4, 0.5) is 0 Å². The Kier molecular flexibility index (Phi) is 7.97. The Morgan fingerprint density at radius 2 is 1.63 bits per heavy atom. The lowest BCUT2D eigenvalue weighted by Gasteiger charge is -2.37. The van der Waals surface area contributed by atoms with Crippen LogP contribution in [0, 0.1) is 0 Å². The summed E-state index contributed by atoms with van der Waals surface area (Å²) < 4.78 is 4.58. The number of aliphatic carboxylic acids is 1. The average molecular weight is 285 g/mol. The second-order valence-corrected chi connectivity index (χ2v) is 3.85. The van der Waals surface area contributed by atoms with Crippen molar-refractivity contribution in [2.75, 3.05) is 13.2 Å². The molecule has 1 aliphatic heterocycles. The van der Waals surface area contributed by atoms with E-state index in [1.165, 1.54) is 0 Å². The van der Waals surface area contributed by atoms with Crippen LogP contribution in [-0.4, -0.2) is 91.7 Å².